The Morgan fingerprint density at radius 1 is 1.07 bits per heavy atom. The molecular formula is C20H24F3N3O4. The second-order valence-corrected chi connectivity index (χ2v) is 8.52. The molecule has 1 atom stereocenters. The van der Waals surface area contributed by atoms with Crippen molar-refractivity contribution in [3.8, 4) is 0 Å². The molecule has 1 aromatic rings. The summed E-state index contributed by atoms with van der Waals surface area (Å²) in [7, 11) is 0. The number of likely N-dealkylation sites (tertiary alicyclic amines) is 1. The van der Waals surface area contributed by atoms with E-state index in [1.54, 1.807) is 20.8 Å². The summed E-state index contributed by atoms with van der Waals surface area (Å²) in [6.07, 6.45) is -4.03. The predicted molar refractivity (Wildman–Crippen MR) is 102 cm³/mol. The van der Waals surface area contributed by atoms with Crippen LogP contribution < -0.4 is 10.2 Å². The van der Waals surface area contributed by atoms with Crippen LogP contribution in [0.3, 0.4) is 0 Å². The molecule has 2 fully saturated rings. The Bertz CT molecular complexity index is 848. The minimum atomic E-state index is -4.51. The van der Waals surface area contributed by atoms with Crippen LogP contribution in [0.15, 0.2) is 24.3 Å². The largest absolute Gasteiger partial charge is 0.444 e. The molecule has 10 heteroatoms. The van der Waals surface area contributed by atoms with Crippen LogP contribution in [0.4, 0.5) is 28.4 Å². The van der Waals surface area contributed by atoms with Crippen molar-refractivity contribution in [2.45, 2.75) is 57.3 Å². The maximum atomic E-state index is 13.1. The minimum absolute atomic E-state index is 0.0654. The molecule has 1 unspecified atom stereocenters. The summed E-state index contributed by atoms with van der Waals surface area (Å²) in [5, 5.41) is 2.70. The Hall–Kier alpha value is -2.78. The predicted octanol–water partition coefficient (Wildman–Crippen LogP) is 3.92. The number of halogens is 3. The highest BCUT2D eigenvalue weighted by Crippen LogP contribution is 2.35. The van der Waals surface area contributed by atoms with E-state index in [4.69, 9.17) is 4.74 Å². The SMILES string of the molecule is CC(C)(C)OC(=O)N1CCCC2(CC1)NC(=O)N(c1ccc(C(F)(F)F)cc1)C2=O. The molecule has 1 spiro atoms. The van der Waals surface area contributed by atoms with Crippen molar-refractivity contribution in [3.63, 3.8) is 0 Å². The van der Waals surface area contributed by atoms with Crippen molar-refractivity contribution in [1.29, 1.82) is 0 Å². The fourth-order valence-corrected chi connectivity index (χ4v) is 3.64. The first kappa shape index (κ1) is 21.9. The van der Waals surface area contributed by atoms with Gasteiger partial charge in [0, 0.05) is 13.1 Å². The topological polar surface area (TPSA) is 79.0 Å². The van der Waals surface area contributed by atoms with E-state index in [0.717, 1.165) is 29.2 Å². The number of anilines is 1. The van der Waals surface area contributed by atoms with Gasteiger partial charge in [-0.25, -0.2) is 14.5 Å². The Balaban J connectivity index is 1.76. The summed E-state index contributed by atoms with van der Waals surface area (Å²) in [6.45, 7) is 5.86. The van der Waals surface area contributed by atoms with Gasteiger partial charge >= 0.3 is 18.3 Å². The molecular weight excluding hydrogens is 403 g/mol. The lowest BCUT2D eigenvalue weighted by Crippen LogP contribution is -2.48. The molecule has 2 aliphatic heterocycles. The van der Waals surface area contributed by atoms with Gasteiger partial charge < -0.3 is 15.0 Å². The van der Waals surface area contributed by atoms with Crippen LogP contribution in [0.1, 0.15) is 45.6 Å². The monoisotopic (exact) mass is 427 g/mol. The quantitative estimate of drug-likeness (QED) is 0.689. The Morgan fingerprint density at radius 2 is 1.70 bits per heavy atom. The van der Waals surface area contributed by atoms with Gasteiger partial charge in [0.1, 0.15) is 11.1 Å². The number of carbonyl (C=O) groups excluding carboxylic acids is 3. The van der Waals surface area contributed by atoms with Crippen molar-refractivity contribution < 1.29 is 32.3 Å². The Labute approximate surface area is 172 Å². The molecule has 0 bridgehead atoms. The lowest BCUT2D eigenvalue weighted by atomic mass is 9.90. The zero-order valence-corrected chi connectivity index (χ0v) is 17.0. The summed E-state index contributed by atoms with van der Waals surface area (Å²) in [4.78, 5) is 40.3. The van der Waals surface area contributed by atoms with Crippen LogP contribution in [-0.4, -0.2) is 47.2 Å². The van der Waals surface area contributed by atoms with Crippen LogP contribution in [0, 0.1) is 0 Å². The maximum absolute atomic E-state index is 13.1. The van der Waals surface area contributed by atoms with Gasteiger partial charge in [0.25, 0.3) is 5.91 Å². The third-order valence-electron chi connectivity index (χ3n) is 5.11. The third kappa shape index (κ3) is 4.36. The maximum Gasteiger partial charge on any atom is 0.416 e. The first-order valence-corrected chi connectivity index (χ1v) is 9.64. The summed E-state index contributed by atoms with van der Waals surface area (Å²) in [5.74, 6) is -0.529. The molecule has 2 saturated heterocycles. The molecule has 0 radical (unpaired) electrons. The number of hydrogen-bond acceptors (Lipinski definition) is 4. The number of urea groups is 1. The van der Waals surface area contributed by atoms with E-state index in [9.17, 15) is 27.6 Å². The van der Waals surface area contributed by atoms with Crippen LogP contribution in [-0.2, 0) is 15.7 Å². The molecule has 1 N–H and O–H groups in total. The average molecular weight is 427 g/mol. The van der Waals surface area contributed by atoms with Gasteiger partial charge in [0.05, 0.1) is 11.3 Å². The van der Waals surface area contributed by atoms with Crippen LogP contribution >= 0.6 is 0 Å². The Kier molecular flexibility index (Phi) is 5.46. The molecule has 0 aromatic heterocycles. The molecule has 2 aliphatic rings. The van der Waals surface area contributed by atoms with E-state index in [1.807, 2.05) is 0 Å². The van der Waals surface area contributed by atoms with E-state index < -0.39 is 40.9 Å². The average Bonchev–Trinajstić information content (AvgIpc) is 2.76. The van der Waals surface area contributed by atoms with Crippen molar-refractivity contribution in [2.75, 3.05) is 18.0 Å². The molecule has 0 saturated carbocycles. The van der Waals surface area contributed by atoms with Gasteiger partial charge in [-0.2, -0.15) is 13.2 Å². The van der Waals surface area contributed by atoms with Crippen LogP contribution in [0.2, 0.25) is 0 Å². The van der Waals surface area contributed by atoms with Crippen molar-refractivity contribution in [3.05, 3.63) is 29.8 Å². The fraction of sp³-hybridized carbons (Fsp3) is 0.550. The smallest absolute Gasteiger partial charge is 0.416 e. The van der Waals surface area contributed by atoms with Crippen molar-refractivity contribution >= 4 is 23.7 Å². The number of carbonyl (C=O) groups is 3. The fourth-order valence-electron chi connectivity index (χ4n) is 3.64. The van der Waals surface area contributed by atoms with Crippen LogP contribution in [0.5, 0.6) is 0 Å². The van der Waals surface area contributed by atoms with Crippen LogP contribution in [0.25, 0.3) is 0 Å². The number of imide groups is 1. The van der Waals surface area contributed by atoms with Gasteiger partial charge in [-0.3, -0.25) is 4.79 Å². The molecule has 3 rings (SSSR count). The number of hydrogen-bond donors (Lipinski definition) is 1. The number of nitrogens with one attached hydrogen (secondary N) is 1. The third-order valence-corrected chi connectivity index (χ3v) is 5.11. The van der Waals surface area contributed by atoms with E-state index >= 15 is 0 Å². The van der Waals surface area contributed by atoms with Crippen molar-refractivity contribution in [1.82, 2.24) is 10.2 Å². The molecule has 30 heavy (non-hydrogen) atoms. The number of benzene rings is 1. The van der Waals surface area contributed by atoms with Gasteiger partial charge in [-0.05, 0) is 64.3 Å². The molecule has 164 valence electrons. The Morgan fingerprint density at radius 3 is 2.27 bits per heavy atom. The summed E-state index contributed by atoms with van der Waals surface area (Å²) < 4.78 is 43.7. The summed E-state index contributed by atoms with van der Waals surface area (Å²) >= 11 is 0. The zero-order valence-electron chi connectivity index (χ0n) is 17.0. The normalized spacial score (nSPS) is 22.9. The molecule has 7 nitrogen and oxygen atoms in total. The first-order chi connectivity index (χ1) is 13.8. The molecule has 0 aliphatic carbocycles. The first-order valence-electron chi connectivity index (χ1n) is 9.64. The van der Waals surface area contributed by atoms with E-state index in [1.165, 1.54) is 4.90 Å². The number of amides is 4. The van der Waals surface area contributed by atoms with E-state index in [2.05, 4.69) is 5.32 Å². The highest BCUT2D eigenvalue weighted by Gasteiger charge is 2.52. The van der Waals surface area contributed by atoms with Gasteiger partial charge in [0.2, 0.25) is 0 Å². The molecule has 2 heterocycles. The highest BCUT2D eigenvalue weighted by molar-refractivity contribution is 6.23. The second kappa shape index (κ2) is 7.48. The number of alkyl halides is 3. The zero-order chi connectivity index (χ0) is 22.3. The number of rotatable bonds is 1. The number of ether oxygens (including phenoxy) is 1. The lowest BCUT2D eigenvalue weighted by Gasteiger charge is -2.27. The molecule has 4 amide bonds. The van der Waals surface area contributed by atoms with E-state index in [-0.39, 0.29) is 18.7 Å². The minimum Gasteiger partial charge on any atom is -0.444 e. The van der Waals surface area contributed by atoms with Gasteiger partial charge in [-0.15, -0.1) is 0 Å². The van der Waals surface area contributed by atoms with Gasteiger partial charge in [0.15, 0.2) is 0 Å². The second-order valence-electron chi connectivity index (χ2n) is 8.52. The standard InChI is InChI=1S/C20H24F3N3O4/c1-18(2,3)30-17(29)25-11-4-9-19(10-12-25)15(27)26(16(28)24-19)14-7-5-13(6-8-14)20(21,22)23/h5-8H,4,9-12H2,1-3H3,(H,24,28). The molecule has 1 aromatic carbocycles. The van der Waals surface area contributed by atoms with Crippen molar-refractivity contribution in [2.24, 2.45) is 0 Å². The summed E-state index contributed by atoms with van der Waals surface area (Å²) in [6, 6.07) is 3.17. The van der Waals surface area contributed by atoms with E-state index in [0.29, 0.717) is 19.4 Å². The number of nitrogens with zero attached hydrogens (tertiary/aromatic N) is 2. The summed E-state index contributed by atoms with van der Waals surface area (Å²) in [5.41, 5.74) is -2.65. The van der Waals surface area contributed by atoms with Gasteiger partial charge in [-0.1, -0.05) is 0 Å². The lowest BCUT2D eigenvalue weighted by molar-refractivity contribution is -0.137. The highest BCUT2D eigenvalue weighted by atomic mass is 19.4.